The van der Waals surface area contributed by atoms with Crippen molar-refractivity contribution in [1.82, 2.24) is 9.97 Å². The highest BCUT2D eigenvalue weighted by molar-refractivity contribution is 5.58. The van der Waals surface area contributed by atoms with Crippen LogP contribution in [0.4, 0.5) is 26.2 Å². The van der Waals surface area contributed by atoms with E-state index in [9.17, 15) is 18.9 Å². The molecule has 3 rings (SSSR count). The zero-order valence-corrected chi connectivity index (χ0v) is 13.7. The van der Waals surface area contributed by atoms with E-state index >= 15 is 0 Å². The minimum Gasteiger partial charge on any atom is -0.361 e. The lowest BCUT2D eigenvalue weighted by Crippen LogP contribution is -2.25. The Morgan fingerprint density at radius 1 is 1.40 bits per heavy atom. The van der Waals surface area contributed by atoms with E-state index in [0.29, 0.717) is 0 Å². The molecule has 1 aliphatic rings. The average molecular weight is 349 g/mol. The summed E-state index contributed by atoms with van der Waals surface area (Å²) < 4.78 is 27.4. The zero-order chi connectivity index (χ0) is 18.1. The molecule has 0 radical (unpaired) electrons. The van der Waals surface area contributed by atoms with Gasteiger partial charge in [0, 0.05) is 18.7 Å². The van der Waals surface area contributed by atoms with Gasteiger partial charge in [-0.1, -0.05) is 0 Å². The van der Waals surface area contributed by atoms with Gasteiger partial charge in [-0.3, -0.25) is 10.1 Å². The van der Waals surface area contributed by atoms with Gasteiger partial charge in [0.2, 0.25) is 11.8 Å². The van der Waals surface area contributed by atoms with Gasteiger partial charge in [-0.05, 0) is 38.0 Å². The van der Waals surface area contributed by atoms with Crippen molar-refractivity contribution in [1.29, 1.82) is 0 Å². The van der Waals surface area contributed by atoms with Gasteiger partial charge in [-0.2, -0.15) is 4.98 Å². The number of anilines is 2. The number of nitrogens with one attached hydrogen (secondary N) is 1. The molecule has 0 saturated heterocycles. The summed E-state index contributed by atoms with van der Waals surface area (Å²) in [7, 11) is 1.62. The molecular formula is C16H17F2N5O2. The number of halogens is 2. The smallest absolute Gasteiger partial charge is 0.329 e. The van der Waals surface area contributed by atoms with E-state index < -0.39 is 22.6 Å². The van der Waals surface area contributed by atoms with Gasteiger partial charge in [-0.15, -0.1) is 0 Å². The van der Waals surface area contributed by atoms with Crippen LogP contribution >= 0.6 is 0 Å². The van der Waals surface area contributed by atoms with Crippen LogP contribution in [0.15, 0.2) is 24.4 Å². The van der Waals surface area contributed by atoms with E-state index in [1.165, 1.54) is 0 Å². The second kappa shape index (κ2) is 6.58. The largest absolute Gasteiger partial charge is 0.361 e. The Kier molecular flexibility index (Phi) is 4.47. The van der Waals surface area contributed by atoms with Crippen molar-refractivity contribution in [2.75, 3.05) is 17.3 Å². The molecule has 1 saturated carbocycles. The highest BCUT2D eigenvalue weighted by atomic mass is 19.1. The standard InChI is InChI=1S/C16H17F2N5O2/c1-9(12-7-10(17)3-6-13(12)18)22(2)16-19-8-14(23(24)25)15(21-16)20-11-4-5-11/h3,6-9,11H,4-5H2,1-2H3,(H,19,20,21). The first kappa shape index (κ1) is 17.0. The Balaban J connectivity index is 1.91. The highest BCUT2D eigenvalue weighted by Crippen LogP contribution is 2.32. The third-order valence-electron chi connectivity index (χ3n) is 4.18. The fraction of sp³-hybridized carbons (Fsp3) is 0.375. The van der Waals surface area contributed by atoms with Crippen LogP contribution in [-0.4, -0.2) is 28.0 Å². The lowest BCUT2D eigenvalue weighted by atomic mass is 10.1. The first-order valence-corrected chi connectivity index (χ1v) is 7.82. The molecule has 2 aromatic rings. The van der Waals surface area contributed by atoms with E-state index in [2.05, 4.69) is 15.3 Å². The minimum absolute atomic E-state index is 0.135. The first-order valence-electron chi connectivity index (χ1n) is 7.82. The quantitative estimate of drug-likeness (QED) is 0.635. The number of benzene rings is 1. The maximum absolute atomic E-state index is 14.0. The molecule has 0 amide bonds. The van der Waals surface area contributed by atoms with Crippen molar-refractivity contribution in [3.05, 3.63) is 51.7 Å². The Hall–Kier alpha value is -2.84. The van der Waals surface area contributed by atoms with Crippen molar-refractivity contribution < 1.29 is 13.7 Å². The summed E-state index contributed by atoms with van der Waals surface area (Å²) in [6.07, 6.45) is 2.98. The number of hydrogen-bond acceptors (Lipinski definition) is 6. The Morgan fingerprint density at radius 3 is 2.76 bits per heavy atom. The monoisotopic (exact) mass is 349 g/mol. The van der Waals surface area contributed by atoms with Crippen molar-refractivity contribution in [2.24, 2.45) is 0 Å². The second-order valence-corrected chi connectivity index (χ2v) is 6.03. The summed E-state index contributed by atoms with van der Waals surface area (Å²) in [4.78, 5) is 20.3. The molecule has 0 bridgehead atoms. The molecule has 0 spiro atoms. The Bertz CT molecular complexity index is 813. The second-order valence-electron chi connectivity index (χ2n) is 6.03. The third kappa shape index (κ3) is 3.65. The van der Waals surface area contributed by atoms with Gasteiger partial charge < -0.3 is 10.2 Å². The number of nitrogens with zero attached hydrogens (tertiary/aromatic N) is 4. The highest BCUT2D eigenvalue weighted by Gasteiger charge is 2.28. The van der Waals surface area contributed by atoms with Gasteiger partial charge in [0.25, 0.3) is 0 Å². The maximum Gasteiger partial charge on any atom is 0.329 e. The van der Waals surface area contributed by atoms with Gasteiger partial charge >= 0.3 is 5.69 Å². The predicted molar refractivity (Wildman–Crippen MR) is 88.5 cm³/mol. The van der Waals surface area contributed by atoms with Crippen molar-refractivity contribution >= 4 is 17.5 Å². The van der Waals surface area contributed by atoms with Gasteiger partial charge in [0.1, 0.15) is 17.8 Å². The molecule has 1 aromatic carbocycles. The molecule has 1 N–H and O–H groups in total. The molecule has 25 heavy (non-hydrogen) atoms. The fourth-order valence-corrected chi connectivity index (χ4v) is 2.41. The van der Waals surface area contributed by atoms with Crippen LogP contribution in [0, 0.1) is 21.7 Å². The van der Waals surface area contributed by atoms with E-state index in [0.717, 1.165) is 37.2 Å². The molecule has 9 heteroatoms. The number of aromatic nitrogens is 2. The minimum atomic E-state index is -0.564. The number of rotatable bonds is 6. The van der Waals surface area contributed by atoms with E-state index in [-0.39, 0.29) is 29.1 Å². The predicted octanol–water partition coefficient (Wildman–Crippen LogP) is 3.43. The lowest BCUT2D eigenvalue weighted by molar-refractivity contribution is -0.384. The summed E-state index contributed by atoms with van der Waals surface area (Å²) in [6.45, 7) is 1.68. The van der Waals surface area contributed by atoms with E-state index in [1.54, 1.807) is 18.9 Å². The maximum atomic E-state index is 14.0. The van der Waals surface area contributed by atoms with Crippen LogP contribution in [0.3, 0.4) is 0 Å². The van der Waals surface area contributed by atoms with Gasteiger partial charge in [0.05, 0.1) is 11.0 Å². The van der Waals surface area contributed by atoms with Gasteiger partial charge in [-0.25, -0.2) is 13.8 Å². The lowest BCUT2D eigenvalue weighted by Gasteiger charge is -2.25. The zero-order valence-electron chi connectivity index (χ0n) is 13.7. The SMILES string of the molecule is CC(c1cc(F)ccc1F)N(C)c1ncc([N+](=O)[O-])c(NC2CC2)n1. The van der Waals surface area contributed by atoms with Crippen molar-refractivity contribution in [3.63, 3.8) is 0 Å². The Labute approximate surface area is 142 Å². The van der Waals surface area contributed by atoms with Crippen LogP contribution in [0.2, 0.25) is 0 Å². The van der Waals surface area contributed by atoms with Crippen molar-refractivity contribution in [2.45, 2.75) is 31.8 Å². The molecular weight excluding hydrogens is 332 g/mol. The van der Waals surface area contributed by atoms with Crippen LogP contribution in [0.25, 0.3) is 0 Å². The molecule has 132 valence electrons. The van der Waals surface area contributed by atoms with Crippen molar-refractivity contribution in [3.8, 4) is 0 Å². The molecule has 1 aromatic heterocycles. The summed E-state index contributed by atoms with van der Waals surface area (Å²) in [5.41, 5.74) is -0.0604. The summed E-state index contributed by atoms with van der Waals surface area (Å²) >= 11 is 0. The fourth-order valence-electron chi connectivity index (χ4n) is 2.41. The summed E-state index contributed by atoms with van der Waals surface area (Å²) in [5.74, 6) is -0.766. The topological polar surface area (TPSA) is 84.2 Å². The molecule has 1 aliphatic carbocycles. The molecule has 1 fully saturated rings. The van der Waals surface area contributed by atoms with Crippen LogP contribution in [-0.2, 0) is 0 Å². The summed E-state index contributed by atoms with van der Waals surface area (Å²) in [5, 5.41) is 14.1. The molecule has 7 nitrogen and oxygen atoms in total. The average Bonchev–Trinajstić information content (AvgIpc) is 3.39. The number of hydrogen-bond donors (Lipinski definition) is 1. The number of nitro groups is 1. The van der Waals surface area contributed by atoms with Gasteiger partial charge in [0.15, 0.2) is 0 Å². The normalized spacial score (nSPS) is 14.9. The molecule has 1 heterocycles. The first-order chi connectivity index (χ1) is 11.9. The van der Waals surface area contributed by atoms with E-state index in [4.69, 9.17) is 0 Å². The van der Waals surface area contributed by atoms with Crippen LogP contribution in [0.1, 0.15) is 31.4 Å². The molecule has 0 aliphatic heterocycles. The Morgan fingerprint density at radius 2 is 2.12 bits per heavy atom. The molecule has 1 atom stereocenters. The van der Waals surface area contributed by atoms with Crippen LogP contribution < -0.4 is 10.2 Å². The van der Waals surface area contributed by atoms with Crippen LogP contribution in [0.5, 0.6) is 0 Å². The molecule has 1 unspecified atom stereocenters. The van der Waals surface area contributed by atoms with E-state index in [1.807, 2.05) is 0 Å². The third-order valence-corrected chi connectivity index (χ3v) is 4.18. The summed E-state index contributed by atoms with van der Waals surface area (Å²) in [6, 6.07) is 2.83.